The van der Waals surface area contributed by atoms with Crippen molar-refractivity contribution in [3.63, 3.8) is 0 Å². The SMILES string of the molecule is CN=C(NCC(C)(C)NC(C)c1ccccc1)N1CCC(N2CCCC2)C1.I. The Balaban J connectivity index is 0.00000280. The van der Waals surface area contributed by atoms with Crippen LogP contribution in [-0.2, 0) is 0 Å². The Morgan fingerprint density at radius 3 is 2.50 bits per heavy atom. The van der Waals surface area contributed by atoms with Gasteiger partial charge in [0.05, 0.1) is 0 Å². The van der Waals surface area contributed by atoms with Gasteiger partial charge in [0.25, 0.3) is 0 Å². The van der Waals surface area contributed by atoms with Gasteiger partial charge in [-0.3, -0.25) is 9.89 Å². The molecule has 158 valence electrons. The average Bonchev–Trinajstić information content (AvgIpc) is 3.34. The van der Waals surface area contributed by atoms with Gasteiger partial charge >= 0.3 is 0 Å². The van der Waals surface area contributed by atoms with E-state index in [0.717, 1.165) is 25.6 Å². The molecule has 2 aliphatic heterocycles. The number of rotatable bonds is 6. The summed E-state index contributed by atoms with van der Waals surface area (Å²) in [7, 11) is 1.90. The molecule has 0 bridgehead atoms. The summed E-state index contributed by atoms with van der Waals surface area (Å²) in [6, 6.07) is 11.7. The molecular weight excluding hydrogens is 461 g/mol. The Kier molecular flexibility index (Phi) is 9.02. The summed E-state index contributed by atoms with van der Waals surface area (Å²) < 4.78 is 0. The molecule has 3 rings (SSSR count). The number of likely N-dealkylation sites (tertiary alicyclic amines) is 2. The topological polar surface area (TPSA) is 42.9 Å². The monoisotopic (exact) mass is 499 g/mol. The Morgan fingerprint density at radius 1 is 1.18 bits per heavy atom. The standard InChI is InChI=1S/C22H37N5.HI/c1-18(19-10-6-5-7-11-19)25-22(2,3)17-24-21(23-4)27-15-12-20(16-27)26-13-8-9-14-26;/h5-7,10-11,18,20,25H,8-9,12-17H2,1-4H3,(H,23,24);1H. The Bertz CT molecular complexity index is 613. The van der Waals surface area contributed by atoms with E-state index in [1.807, 2.05) is 7.05 Å². The lowest BCUT2D eigenvalue weighted by Gasteiger charge is -2.33. The van der Waals surface area contributed by atoms with Crippen LogP contribution in [0.1, 0.15) is 51.6 Å². The van der Waals surface area contributed by atoms with Crippen LogP contribution >= 0.6 is 24.0 Å². The van der Waals surface area contributed by atoms with Gasteiger partial charge in [-0.05, 0) is 58.7 Å². The van der Waals surface area contributed by atoms with Crippen LogP contribution in [0.3, 0.4) is 0 Å². The smallest absolute Gasteiger partial charge is 0.193 e. The first kappa shape index (κ1) is 23.4. The molecule has 2 aliphatic rings. The minimum absolute atomic E-state index is 0. The minimum atomic E-state index is -0.0285. The van der Waals surface area contributed by atoms with Gasteiger partial charge in [-0.15, -0.1) is 24.0 Å². The van der Waals surface area contributed by atoms with Crippen LogP contribution in [0.2, 0.25) is 0 Å². The van der Waals surface area contributed by atoms with Crippen LogP contribution in [0.4, 0.5) is 0 Å². The molecule has 0 amide bonds. The Hall–Kier alpha value is -0.860. The van der Waals surface area contributed by atoms with Gasteiger partial charge in [0, 0.05) is 44.3 Å². The predicted octanol–water partition coefficient (Wildman–Crippen LogP) is 3.48. The largest absolute Gasteiger partial charge is 0.354 e. The summed E-state index contributed by atoms with van der Waals surface area (Å²) in [4.78, 5) is 9.65. The molecule has 6 heteroatoms. The number of hydrogen-bond donors (Lipinski definition) is 2. The van der Waals surface area contributed by atoms with Crippen LogP contribution in [0.5, 0.6) is 0 Å². The lowest BCUT2D eigenvalue weighted by molar-refractivity contribution is 0.249. The van der Waals surface area contributed by atoms with Crippen molar-refractivity contribution in [3.05, 3.63) is 35.9 Å². The van der Waals surface area contributed by atoms with Crippen LogP contribution in [0.25, 0.3) is 0 Å². The van der Waals surface area contributed by atoms with Crippen molar-refractivity contribution in [1.29, 1.82) is 0 Å². The van der Waals surface area contributed by atoms with E-state index in [4.69, 9.17) is 0 Å². The zero-order chi connectivity index (χ0) is 19.3. The van der Waals surface area contributed by atoms with Crippen molar-refractivity contribution >= 4 is 29.9 Å². The number of aliphatic imine (C=N–C) groups is 1. The number of benzene rings is 1. The number of halogens is 1. The molecule has 2 heterocycles. The van der Waals surface area contributed by atoms with Gasteiger partial charge in [-0.2, -0.15) is 0 Å². The summed E-state index contributed by atoms with van der Waals surface area (Å²) in [5, 5.41) is 7.37. The number of guanidine groups is 1. The molecule has 28 heavy (non-hydrogen) atoms. The van der Waals surface area contributed by atoms with E-state index in [2.05, 4.69) is 76.5 Å². The third kappa shape index (κ3) is 6.32. The molecule has 2 saturated heterocycles. The Labute approximate surface area is 188 Å². The molecule has 2 atom stereocenters. The normalized spacial score (nSPS) is 22.2. The first-order valence-electron chi connectivity index (χ1n) is 10.5. The fourth-order valence-electron chi connectivity index (χ4n) is 4.43. The quantitative estimate of drug-likeness (QED) is 0.358. The highest BCUT2D eigenvalue weighted by molar-refractivity contribution is 14.0. The first-order chi connectivity index (χ1) is 13.0. The zero-order valence-electron chi connectivity index (χ0n) is 17.9. The summed E-state index contributed by atoms with van der Waals surface area (Å²) in [5.74, 6) is 1.04. The molecule has 0 aliphatic carbocycles. The van der Waals surface area contributed by atoms with Crippen LogP contribution in [-0.4, -0.2) is 67.1 Å². The molecule has 0 saturated carbocycles. The van der Waals surface area contributed by atoms with Gasteiger partial charge in [0.15, 0.2) is 5.96 Å². The summed E-state index contributed by atoms with van der Waals surface area (Å²) in [5.41, 5.74) is 1.29. The van der Waals surface area contributed by atoms with Crippen molar-refractivity contribution in [2.24, 2.45) is 4.99 Å². The fourth-order valence-corrected chi connectivity index (χ4v) is 4.43. The molecule has 2 N–H and O–H groups in total. The maximum absolute atomic E-state index is 4.56. The number of nitrogens with one attached hydrogen (secondary N) is 2. The van der Waals surface area contributed by atoms with Crippen LogP contribution < -0.4 is 10.6 Å². The van der Waals surface area contributed by atoms with Gasteiger partial charge < -0.3 is 15.5 Å². The molecule has 0 radical (unpaired) electrons. The zero-order valence-corrected chi connectivity index (χ0v) is 20.3. The summed E-state index contributed by atoms with van der Waals surface area (Å²) >= 11 is 0. The van der Waals surface area contributed by atoms with Crippen molar-refractivity contribution in [3.8, 4) is 0 Å². The highest BCUT2D eigenvalue weighted by atomic mass is 127. The number of nitrogens with zero attached hydrogens (tertiary/aromatic N) is 3. The van der Waals surface area contributed by atoms with Crippen molar-refractivity contribution in [2.75, 3.05) is 39.8 Å². The minimum Gasteiger partial charge on any atom is -0.354 e. The van der Waals surface area contributed by atoms with E-state index in [0.29, 0.717) is 12.1 Å². The second-order valence-corrected chi connectivity index (χ2v) is 8.69. The van der Waals surface area contributed by atoms with Crippen molar-refractivity contribution in [1.82, 2.24) is 20.4 Å². The fraction of sp³-hybridized carbons (Fsp3) is 0.682. The highest BCUT2D eigenvalue weighted by Crippen LogP contribution is 2.21. The van der Waals surface area contributed by atoms with Gasteiger partial charge in [-0.25, -0.2) is 0 Å². The van der Waals surface area contributed by atoms with E-state index < -0.39 is 0 Å². The number of hydrogen-bond acceptors (Lipinski definition) is 3. The molecule has 0 spiro atoms. The van der Waals surface area contributed by atoms with Gasteiger partial charge in [0.1, 0.15) is 0 Å². The maximum atomic E-state index is 4.56. The lowest BCUT2D eigenvalue weighted by atomic mass is 10.0. The van der Waals surface area contributed by atoms with E-state index in [9.17, 15) is 0 Å². The first-order valence-corrected chi connectivity index (χ1v) is 10.5. The van der Waals surface area contributed by atoms with Gasteiger partial charge in [-0.1, -0.05) is 30.3 Å². The molecule has 0 aromatic heterocycles. The molecule has 2 unspecified atom stereocenters. The molecule has 1 aromatic rings. The molecule has 2 fully saturated rings. The maximum Gasteiger partial charge on any atom is 0.193 e. The molecule has 1 aromatic carbocycles. The van der Waals surface area contributed by atoms with Crippen LogP contribution in [0, 0.1) is 0 Å². The highest BCUT2D eigenvalue weighted by Gasteiger charge is 2.31. The third-order valence-corrected chi connectivity index (χ3v) is 5.93. The van der Waals surface area contributed by atoms with E-state index in [1.165, 1.54) is 37.9 Å². The van der Waals surface area contributed by atoms with E-state index in [1.54, 1.807) is 0 Å². The predicted molar refractivity (Wildman–Crippen MR) is 130 cm³/mol. The molecule has 5 nitrogen and oxygen atoms in total. The summed E-state index contributed by atoms with van der Waals surface area (Å²) in [6.45, 7) is 12.4. The second kappa shape index (κ2) is 10.8. The lowest BCUT2D eigenvalue weighted by Crippen LogP contribution is -2.52. The summed E-state index contributed by atoms with van der Waals surface area (Å²) in [6.07, 6.45) is 3.99. The van der Waals surface area contributed by atoms with Crippen molar-refractivity contribution < 1.29 is 0 Å². The van der Waals surface area contributed by atoms with Gasteiger partial charge in [0.2, 0.25) is 0 Å². The van der Waals surface area contributed by atoms with E-state index in [-0.39, 0.29) is 29.5 Å². The van der Waals surface area contributed by atoms with E-state index >= 15 is 0 Å². The average molecular weight is 499 g/mol. The second-order valence-electron chi connectivity index (χ2n) is 8.69. The molecular formula is C22H38IN5. The van der Waals surface area contributed by atoms with Crippen LogP contribution in [0.15, 0.2) is 35.3 Å². The third-order valence-electron chi connectivity index (χ3n) is 5.93. The van der Waals surface area contributed by atoms with Crippen molar-refractivity contribution in [2.45, 2.75) is 57.7 Å². The Morgan fingerprint density at radius 2 is 1.86 bits per heavy atom.